The van der Waals surface area contributed by atoms with Gasteiger partial charge in [-0.15, -0.1) is 0 Å². The van der Waals surface area contributed by atoms with Crippen LogP contribution in [-0.4, -0.2) is 54.5 Å². The summed E-state index contributed by atoms with van der Waals surface area (Å²) in [4.78, 5) is 14.8. The molecular weight excluding hydrogens is 180 g/mol. The average Bonchev–Trinajstić information content (AvgIpc) is 2.17. The molecule has 1 aliphatic rings. The maximum absolute atomic E-state index is 10.7. The molecule has 5 heteroatoms. The maximum atomic E-state index is 10.7. The molecule has 0 aliphatic carbocycles. The van der Waals surface area contributed by atoms with Gasteiger partial charge in [0.2, 0.25) is 5.91 Å². The zero-order valence-corrected chi connectivity index (χ0v) is 8.44. The molecule has 0 spiro atoms. The third-order valence-electron chi connectivity index (χ3n) is 2.52. The average molecular weight is 196 g/mol. The van der Waals surface area contributed by atoms with E-state index in [-0.39, 0.29) is 11.9 Å². The first-order chi connectivity index (χ1) is 6.63. The van der Waals surface area contributed by atoms with Crippen molar-refractivity contribution in [3.05, 3.63) is 0 Å². The molecule has 0 saturated carbocycles. The van der Waals surface area contributed by atoms with E-state index in [0.717, 1.165) is 26.2 Å². The monoisotopic (exact) mass is 196 g/mol. The van der Waals surface area contributed by atoms with Gasteiger partial charge in [0, 0.05) is 26.2 Å². The summed E-state index contributed by atoms with van der Waals surface area (Å²) < 4.78 is 0. The summed E-state index contributed by atoms with van der Waals surface area (Å²) in [6.07, 6.45) is 0. The highest BCUT2D eigenvalue weighted by molar-refractivity contribution is 5.75. The molecule has 1 rings (SSSR count). The number of piperazine rings is 1. The van der Waals surface area contributed by atoms with Crippen molar-refractivity contribution in [1.82, 2.24) is 9.80 Å². The van der Waals surface area contributed by atoms with Crippen molar-refractivity contribution >= 4 is 5.91 Å². The summed E-state index contributed by atoms with van der Waals surface area (Å²) in [5.74, 6) is -0.285. The summed E-state index contributed by atoms with van der Waals surface area (Å²) >= 11 is 0. The Morgan fingerprint density at radius 3 is 2.50 bits per heavy atom. The number of carbonyl (C=O) groups excluding carboxylic acids is 1. The molecule has 1 amide bonds. The van der Waals surface area contributed by atoms with Crippen molar-refractivity contribution in [1.29, 1.82) is 5.26 Å². The highest BCUT2D eigenvalue weighted by Crippen LogP contribution is 2.04. The van der Waals surface area contributed by atoms with Gasteiger partial charge >= 0.3 is 0 Å². The van der Waals surface area contributed by atoms with Crippen molar-refractivity contribution < 1.29 is 4.79 Å². The SMILES string of the molecule is CC(C#N)N1CCN(CC(N)=O)CC1. The third kappa shape index (κ3) is 2.98. The Morgan fingerprint density at radius 2 is 2.07 bits per heavy atom. The van der Waals surface area contributed by atoms with Gasteiger partial charge in [-0.1, -0.05) is 0 Å². The minimum atomic E-state index is -0.285. The molecule has 0 aromatic heterocycles. The Hall–Kier alpha value is -1.12. The van der Waals surface area contributed by atoms with Crippen LogP contribution in [0.3, 0.4) is 0 Å². The van der Waals surface area contributed by atoms with Gasteiger partial charge in [0.15, 0.2) is 0 Å². The molecule has 1 heterocycles. The quantitative estimate of drug-likeness (QED) is 0.628. The maximum Gasteiger partial charge on any atom is 0.231 e. The number of nitrogens with zero attached hydrogens (tertiary/aromatic N) is 3. The Labute approximate surface area is 84.1 Å². The largest absolute Gasteiger partial charge is 0.369 e. The normalized spacial score (nSPS) is 21.4. The molecule has 78 valence electrons. The summed E-state index contributed by atoms with van der Waals surface area (Å²) in [6, 6.07) is 2.17. The predicted molar refractivity (Wildman–Crippen MR) is 52.3 cm³/mol. The van der Waals surface area contributed by atoms with Crippen LogP contribution < -0.4 is 5.73 Å². The fourth-order valence-electron chi connectivity index (χ4n) is 1.61. The van der Waals surface area contributed by atoms with E-state index in [1.807, 2.05) is 11.8 Å². The van der Waals surface area contributed by atoms with E-state index >= 15 is 0 Å². The molecule has 1 fully saturated rings. The van der Waals surface area contributed by atoms with Gasteiger partial charge in [-0.3, -0.25) is 14.6 Å². The topological polar surface area (TPSA) is 73.4 Å². The first-order valence-electron chi connectivity index (χ1n) is 4.78. The van der Waals surface area contributed by atoms with Gasteiger partial charge < -0.3 is 5.73 Å². The summed E-state index contributed by atoms with van der Waals surface area (Å²) in [5, 5.41) is 8.72. The van der Waals surface area contributed by atoms with Crippen molar-refractivity contribution in [2.24, 2.45) is 5.73 Å². The van der Waals surface area contributed by atoms with E-state index in [4.69, 9.17) is 11.0 Å². The second-order valence-electron chi connectivity index (χ2n) is 3.58. The molecule has 5 nitrogen and oxygen atoms in total. The van der Waals surface area contributed by atoms with Crippen molar-refractivity contribution in [3.63, 3.8) is 0 Å². The standard InChI is InChI=1S/C9H16N4O/c1-8(6-10)13-4-2-12(3-5-13)7-9(11)14/h8H,2-5,7H2,1H3,(H2,11,14). The van der Waals surface area contributed by atoms with Crippen molar-refractivity contribution in [2.75, 3.05) is 32.7 Å². The molecule has 0 aromatic carbocycles. The Balaban J connectivity index is 2.32. The van der Waals surface area contributed by atoms with E-state index in [2.05, 4.69) is 11.0 Å². The lowest BCUT2D eigenvalue weighted by molar-refractivity contribution is -0.119. The first-order valence-corrected chi connectivity index (χ1v) is 4.78. The number of rotatable bonds is 3. The van der Waals surface area contributed by atoms with Gasteiger partial charge in [-0.2, -0.15) is 5.26 Å². The van der Waals surface area contributed by atoms with E-state index in [1.165, 1.54) is 0 Å². The third-order valence-corrected chi connectivity index (χ3v) is 2.52. The van der Waals surface area contributed by atoms with Crippen LogP contribution in [0.5, 0.6) is 0 Å². The predicted octanol–water partition coefficient (Wildman–Crippen LogP) is -0.999. The lowest BCUT2D eigenvalue weighted by Gasteiger charge is -2.35. The molecule has 0 radical (unpaired) electrons. The van der Waals surface area contributed by atoms with Gasteiger partial charge in [0.1, 0.15) is 0 Å². The number of nitriles is 1. The second kappa shape index (κ2) is 4.94. The molecule has 0 aromatic rings. The second-order valence-corrected chi connectivity index (χ2v) is 3.58. The van der Waals surface area contributed by atoms with Crippen LogP contribution in [0.2, 0.25) is 0 Å². The van der Waals surface area contributed by atoms with E-state index in [0.29, 0.717) is 6.54 Å². The molecule has 14 heavy (non-hydrogen) atoms. The molecule has 1 aliphatic heterocycles. The zero-order chi connectivity index (χ0) is 10.6. The lowest BCUT2D eigenvalue weighted by Crippen LogP contribution is -2.51. The smallest absolute Gasteiger partial charge is 0.231 e. The Bertz CT molecular complexity index is 240. The zero-order valence-electron chi connectivity index (χ0n) is 8.44. The fraction of sp³-hybridized carbons (Fsp3) is 0.778. The number of primary amides is 1. The van der Waals surface area contributed by atoms with Gasteiger partial charge in [-0.05, 0) is 6.92 Å². The molecule has 0 bridgehead atoms. The summed E-state index contributed by atoms with van der Waals surface area (Å²) in [5.41, 5.74) is 5.10. The van der Waals surface area contributed by atoms with Crippen LogP contribution in [0.25, 0.3) is 0 Å². The van der Waals surface area contributed by atoms with E-state index < -0.39 is 0 Å². The van der Waals surface area contributed by atoms with Crippen LogP contribution >= 0.6 is 0 Å². The van der Waals surface area contributed by atoms with Gasteiger partial charge in [0.25, 0.3) is 0 Å². The Morgan fingerprint density at radius 1 is 1.50 bits per heavy atom. The van der Waals surface area contributed by atoms with Crippen LogP contribution in [0.1, 0.15) is 6.92 Å². The molecule has 1 unspecified atom stereocenters. The summed E-state index contributed by atoms with van der Waals surface area (Å²) in [6.45, 7) is 5.52. The summed E-state index contributed by atoms with van der Waals surface area (Å²) in [7, 11) is 0. The number of carbonyl (C=O) groups is 1. The first kappa shape index (κ1) is 11.0. The number of hydrogen-bond acceptors (Lipinski definition) is 4. The van der Waals surface area contributed by atoms with E-state index in [1.54, 1.807) is 0 Å². The minimum Gasteiger partial charge on any atom is -0.369 e. The molecule has 1 saturated heterocycles. The minimum absolute atomic E-state index is 0.0364. The highest BCUT2D eigenvalue weighted by Gasteiger charge is 2.21. The van der Waals surface area contributed by atoms with Gasteiger partial charge in [0.05, 0.1) is 18.7 Å². The highest BCUT2D eigenvalue weighted by atomic mass is 16.1. The molecular formula is C9H16N4O. The van der Waals surface area contributed by atoms with Crippen LogP contribution in [0.15, 0.2) is 0 Å². The number of hydrogen-bond donors (Lipinski definition) is 1. The number of nitrogens with two attached hydrogens (primary N) is 1. The molecule has 2 N–H and O–H groups in total. The van der Waals surface area contributed by atoms with E-state index in [9.17, 15) is 4.79 Å². The van der Waals surface area contributed by atoms with Crippen LogP contribution in [-0.2, 0) is 4.79 Å². The molecule has 1 atom stereocenters. The van der Waals surface area contributed by atoms with Crippen LogP contribution in [0, 0.1) is 11.3 Å². The fourth-order valence-corrected chi connectivity index (χ4v) is 1.61. The van der Waals surface area contributed by atoms with Crippen molar-refractivity contribution in [3.8, 4) is 6.07 Å². The van der Waals surface area contributed by atoms with Crippen LogP contribution in [0.4, 0.5) is 0 Å². The Kier molecular flexibility index (Phi) is 3.86. The lowest BCUT2D eigenvalue weighted by atomic mass is 10.2. The van der Waals surface area contributed by atoms with Crippen molar-refractivity contribution in [2.45, 2.75) is 13.0 Å². The van der Waals surface area contributed by atoms with Gasteiger partial charge in [-0.25, -0.2) is 0 Å². The number of amides is 1.